The van der Waals surface area contributed by atoms with Crippen LogP contribution in [0.1, 0.15) is 31.0 Å². The Morgan fingerprint density at radius 1 is 0.767 bits per heavy atom. The van der Waals surface area contributed by atoms with E-state index in [0.717, 1.165) is 24.6 Å². The Labute approximate surface area is 179 Å². The molecule has 30 heavy (non-hydrogen) atoms. The van der Waals surface area contributed by atoms with E-state index in [0.29, 0.717) is 0 Å². The molecular weight excluding hydrogens is 370 g/mol. The van der Waals surface area contributed by atoms with Crippen LogP contribution in [0.2, 0.25) is 0 Å². The van der Waals surface area contributed by atoms with Crippen molar-refractivity contribution in [3.63, 3.8) is 0 Å². The Hall–Kier alpha value is -2.98. The second kappa shape index (κ2) is 8.80. The minimum absolute atomic E-state index is 0.117. The quantitative estimate of drug-likeness (QED) is 0.559. The van der Waals surface area contributed by atoms with E-state index in [-0.39, 0.29) is 6.17 Å². The number of fused-ring (bicyclic) bond motifs is 1. The lowest BCUT2D eigenvalue weighted by Crippen LogP contribution is -2.39. The van der Waals surface area contributed by atoms with Crippen LogP contribution in [0.3, 0.4) is 0 Å². The largest absolute Gasteiger partial charge is 0.457 e. The molecule has 4 heteroatoms. The van der Waals surface area contributed by atoms with Crippen molar-refractivity contribution < 1.29 is 4.74 Å². The number of rotatable bonds is 6. The molecule has 1 fully saturated rings. The molecule has 0 amide bonds. The number of nitrogens with zero attached hydrogens (tertiary/aromatic N) is 2. The van der Waals surface area contributed by atoms with Crippen LogP contribution in [0.15, 0.2) is 78.9 Å². The van der Waals surface area contributed by atoms with Crippen molar-refractivity contribution in [2.45, 2.75) is 25.4 Å². The topological polar surface area (TPSA) is 27.7 Å². The molecule has 4 nitrogen and oxygen atoms in total. The maximum absolute atomic E-state index is 6.09. The Morgan fingerprint density at radius 2 is 1.53 bits per heavy atom. The Balaban J connectivity index is 1.37. The first kappa shape index (κ1) is 19.0. The second-order valence-corrected chi connectivity index (χ2v) is 8.15. The number of ether oxygens (including phenoxy) is 1. The van der Waals surface area contributed by atoms with Crippen LogP contribution in [0, 0.1) is 0 Å². The van der Waals surface area contributed by atoms with E-state index in [2.05, 4.69) is 57.6 Å². The molecule has 0 aliphatic carbocycles. The average Bonchev–Trinajstić information content (AvgIpc) is 3.18. The normalized spacial score (nSPS) is 18.7. The van der Waals surface area contributed by atoms with E-state index in [1.807, 2.05) is 36.4 Å². The van der Waals surface area contributed by atoms with E-state index in [4.69, 9.17) is 4.74 Å². The number of hydrogen-bond donors (Lipinski definition) is 1. The first-order valence-corrected chi connectivity index (χ1v) is 11.0. The minimum Gasteiger partial charge on any atom is -0.457 e. The van der Waals surface area contributed by atoms with E-state index in [1.165, 1.54) is 49.3 Å². The zero-order valence-electron chi connectivity index (χ0n) is 17.3. The smallest absolute Gasteiger partial charge is 0.127 e. The Bertz CT molecular complexity index is 969. The summed E-state index contributed by atoms with van der Waals surface area (Å²) in [5.74, 6) is 1.73. The number of para-hydroxylation sites is 3. The van der Waals surface area contributed by atoms with Crippen molar-refractivity contribution in [2.75, 3.05) is 36.4 Å². The molecular formula is C26H29N3O. The molecule has 1 N–H and O–H groups in total. The van der Waals surface area contributed by atoms with Gasteiger partial charge < -0.3 is 19.9 Å². The summed E-state index contributed by atoms with van der Waals surface area (Å²) in [4.78, 5) is 5.11. The van der Waals surface area contributed by atoms with Crippen LogP contribution in [0.5, 0.6) is 11.5 Å². The number of likely N-dealkylation sites (tertiary alicyclic amines) is 1. The highest BCUT2D eigenvalue weighted by molar-refractivity contribution is 5.76. The van der Waals surface area contributed by atoms with Gasteiger partial charge in [-0.3, -0.25) is 0 Å². The summed E-state index contributed by atoms with van der Waals surface area (Å²) in [6, 6.07) is 27.1. The first-order chi connectivity index (χ1) is 14.9. The first-order valence-electron chi connectivity index (χ1n) is 11.0. The van der Waals surface area contributed by atoms with Gasteiger partial charge in [0.15, 0.2) is 0 Å². The zero-order valence-corrected chi connectivity index (χ0v) is 17.3. The summed E-state index contributed by atoms with van der Waals surface area (Å²) in [5.41, 5.74) is 3.71. The van der Waals surface area contributed by atoms with Gasteiger partial charge >= 0.3 is 0 Å². The van der Waals surface area contributed by atoms with Gasteiger partial charge in [-0.25, -0.2) is 0 Å². The van der Waals surface area contributed by atoms with E-state index in [1.54, 1.807) is 0 Å². The molecule has 3 aromatic carbocycles. The van der Waals surface area contributed by atoms with Crippen molar-refractivity contribution in [2.24, 2.45) is 0 Å². The molecule has 2 aliphatic rings. The maximum Gasteiger partial charge on any atom is 0.127 e. The van der Waals surface area contributed by atoms with Crippen molar-refractivity contribution in [1.82, 2.24) is 4.90 Å². The molecule has 0 radical (unpaired) electrons. The Morgan fingerprint density at radius 3 is 2.40 bits per heavy atom. The van der Waals surface area contributed by atoms with Crippen molar-refractivity contribution >= 4 is 11.4 Å². The highest BCUT2D eigenvalue weighted by Crippen LogP contribution is 2.41. The molecule has 1 unspecified atom stereocenters. The molecule has 0 aromatic heterocycles. The second-order valence-electron chi connectivity index (χ2n) is 8.15. The fraction of sp³-hybridized carbons (Fsp3) is 0.308. The minimum atomic E-state index is 0.117. The van der Waals surface area contributed by atoms with Gasteiger partial charge in [0.2, 0.25) is 0 Å². The summed E-state index contributed by atoms with van der Waals surface area (Å²) in [7, 11) is 0. The van der Waals surface area contributed by atoms with Crippen molar-refractivity contribution in [3.8, 4) is 11.5 Å². The molecule has 0 bridgehead atoms. The predicted octanol–water partition coefficient (Wildman–Crippen LogP) is 5.90. The molecule has 1 saturated heterocycles. The third-order valence-electron chi connectivity index (χ3n) is 6.08. The molecule has 0 saturated carbocycles. The van der Waals surface area contributed by atoms with Gasteiger partial charge in [0.05, 0.1) is 11.4 Å². The number of benzene rings is 3. The molecule has 154 valence electrons. The average molecular weight is 400 g/mol. The molecule has 2 aliphatic heterocycles. The molecule has 5 rings (SSSR count). The Kier molecular flexibility index (Phi) is 5.58. The van der Waals surface area contributed by atoms with Gasteiger partial charge in [0.25, 0.3) is 0 Å². The molecule has 0 spiro atoms. The van der Waals surface area contributed by atoms with Gasteiger partial charge in [-0.1, -0.05) is 48.9 Å². The lowest BCUT2D eigenvalue weighted by molar-refractivity contribution is 0.232. The standard InChI is InChI=1S/C26H29N3O/c1-3-11-22(12-4-1)30-23-13-9-10-21(20-23)26-27-24-14-5-6-15-25(24)29(26)19-18-28-16-7-2-8-17-28/h1,3-6,9-15,20,26-27H,2,7-8,16-19H2. The zero-order chi connectivity index (χ0) is 20.2. The van der Waals surface area contributed by atoms with Gasteiger partial charge in [-0.05, 0) is 67.9 Å². The van der Waals surface area contributed by atoms with Crippen LogP contribution in [0.4, 0.5) is 11.4 Å². The molecule has 2 heterocycles. The lowest BCUT2D eigenvalue weighted by Gasteiger charge is -2.32. The third-order valence-corrected chi connectivity index (χ3v) is 6.08. The number of hydrogen-bond acceptors (Lipinski definition) is 4. The number of nitrogens with one attached hydrogen (secondary N) is 1. The summed E-state index contributed by atoms with van der Waals surface area (Å²) in [5, 5.41) is 3.73. The maximum atomic E-state index is 6.09. The van der Waals surface area contributed by atoms with Crippen LogP contribution in [-0.2, 0) is 0 Å². The van der Waals surface area contributed by atoms with Crippen LogP contribution < -0.4 is 15.0 Å². The monoisotopic (exact) mass is 399 g/mol. The summed E-state index contributed by atoms with van der Waals surface area (Å²) in [6.07, 6.45) is 4.15. The van der Waals surface area contributed by atoms with Gasteiger partial charge in [0.1, 0.15) is 17.7 Å². The van der Waals surface area contributed by atoms with Crippen molar-refractivity contribution in [1.29, 1.82) is 0 Å². The predicted molar refractivity (Wildman–Crippen MR) is 123 cm³/mol. The van der Waals surface area contributed by atoms with Crippen molar-refractivity contribution in [3.05, 3.63) is 84.4 Å². The summed E-state index contributed by atoms with van der Waals surface area (Å²) >= 11 is 0. The SMILES string of the molecule is c1ccc(Oc2cccc(C3Nc4ccccc4N3CCN3CCCCC3)c2)cc1. The number of piperidine rings is 1. The third kappa shape index (κ3) is 4.14. The fourth-order valence-electron chi connectivity index (χ4n) is 4.53. The van der Waals surface area contributed by atoms with E-state index >= 15 is 0 Å². The van der Waals surface area contributed by atoms with E-state index in [9.17, 15) is 0 Å². The fourth-order valence-corrected chi connectivity index (χ4v) is 4.53. The van der Waals surface area contributed by atoms with Gasteiger partial charge in [-0.15, -0.1) is 0 Å². The summed E-state index contributed by atoms with van der Waals surface area (Å²) in [6.45, 7) is 4.58. The lowest BCUT2D eigenvalue weighted by atomic mass is 10.1. The molecule has 1 atom stereocenters. The highest BCUT2D eigenvalue weighted by atomic mass is 16.5. The molecule has 3 aromatic rings. The van der Waals surface area contributed by atoms with Crippen LogP contribution in [-0.4, -0.2) is 31.1 Å². The van der Waals surface area contributed by atoms with E-state index < -0.39 is 0 Å². The van der Waals surface area contributed by atoms with Crippen LogP contribution >= 0.6 is 0 Å². The van der Waals surface area contributed by atoms with Gasteiger partial charge in [-0.2, -0.15) is 0 Å². The number of anilines is 2. The van der Waals surface area contributed by atoms with Gasteiger partial charge in [0, 0.05) is 13.1 Å². The highest BCUT2D eigenvalue weighted by Gasteiger charge is 2.30. The summed E-state index contributed by atoms with van der Waals surface area (Å²) < 4.78 is 6.09. The van der Waals surface area contributed by atoms with Crippen LogP contribution in [0.25, 0.3) is 0 Å².